The Morgan fingerprint density at radius 1 is 1.50 bits per heavy atom. The average Bonchev–Trinajstić information content (AvgIpc) is 2.20. The molecule has 0 aliphatic heterocycles. The maximum absolute atomic E-state index is 9.57. The summed E-state index contributed by atoms with van der Waals surface area (Å²) in [6.45, 7) is 1.86. The van der Waals surface area contributed by atoms with Crippen molar-refractivity contribution in [2.45, 2.75) is 19.4 Å². The van der Waals surface area contributed by atoms with Crippen molar-refractivity contribution >= 4 is 11.6 Å². The number of hydrogen-bond acceptors (Lipinski definition) is 3. The highest BCUT2D eigenvalue weighted by Gasteiger charge is 2.12. The van der Waals surface area contributed by atoms with Gasteiger partial charge >= 0.3 is 0 Å². The zero-order chi connectivity index (χ0) is 10.7. The molecule has 3 nitrogen and oxygen atoms in total. The summed E-state index contributed by atoms with van der Waals surface area (Å²) in [6.07, 6.45) is 0.00608. The van der Waals surface area contributed by atoms with Crippen molar-refractivity contribution in [3.8, 4) is 11.5 Å². The summed E-state index contributed by atoms with van der Waals surface area (Å²) in [5.74, 6) is 0.182. The Hall–Kier alpha value is -0.930. The normalized spacial score (nSPS) is 12.6. The molecular formula is C10H13ClO3. The lowest BCUT2D eigenvalue weighted by Crippen LogP contribution is -1.96. The molecule has 1 aromatic carbocycles. The Morgan fingerprint density at radius 2 is 2.14 bits per heavy atom. The van der Waals surface area contributed by atoms with Gasteiger partial charge in [0.25, 0.3) is 0 Å². The number of aromatic hydroxyl groups is 1. The van der Waals surface area contributed by atoms with E-state index in [1.807, 2.05) is 6.92 Å². The molecule has 14 heavy (non-hydrogen) atoms. The first-order valence-electron chi connectivity index (χ1n) is 4.34. The number of rotatable bonds is 3. The van der Waals surface area contributed by atoms with E-state index in [1.165, 1.54) is 13.2 Å². The second-order valence-corrected chi connectivity index (χ2v) is 3.38. The number of methoxy groups -OCH3 is 1. The monoisotopic (exact) mass is 216 g/mol. The lowest BCUT2D eigenvalue weighted by molar-refractivity contribution is 0.173. The molecule has 2 N–H and O–H groups in total. The summed E-state index contributed by atoms with van der Waals surface area (Å²) >= 11 is 5.76. The highest BCUT2D eigenvalue weighted by atomic mass is 35.5. The van der Waals surface area contributed by atoms with E-state index in [1.54, 1.807) is 6.07 Å². The largest absolute Gasteiger partial charge is 0.503 e. The zero-order valence-corrected chi connectivity index (χ0v) is 8.88. The van der Waals surface area contributed by atoms with E-state index in [-0.39, 0.29) is 16.5 Å². The fourth-order valence-electron chi connectivity index (χ4n) is 1.18. The summed E-state index contributed by atoms with van der Waals surface area (Å²) in [6, 6.07) is 3.11. The molecule has 0 aliphatic carbocycles. The van der Waals surface area contributed by atoms with Gasteiger partial charge in [-0.15, -0.1) is 0 Å². The van der Waals surface area contributed by atoms with Gasteiger partial charge in [0.1, 0.15) is 0 Å². The Morgan fingerprint density at radius 3 is 2.64 bits per heavy atom. The van der Waals surface area contributed by atoms with Gasteiger partial charge in [-0.3, -0.25) is 0 Å². The number of aliphatic hydroxyl groups is 1. The molecule has 0 radical (unpaired) electrons. The number of benzene rings is 1. The predicted octanol–water partition coefficient (Wildman–Crippen LogP) is 2.50. The first-order valence-corrected chi connectivity index (χ1v) is 4.72. The van der Waals surface area contributed by atoms with Crippen LogP contribution in [0.5, 0.6) is 11.5 Å². The SMILES string of the molecule is CCC(O)c1cc(Cl)c(O)c(OC)c1. The van der Waals surface area contributed by atoms with Gasteiger partial charge in [0.05, 0.1) is 18.2 Å². The molecule has 0 heterocycles. The van der Waals surface area contributed by atoms with Gasteiger partial charge < -0.3 is 14.9 Å². The molecule has 78 valence electrons. The van der Waals surface area contributed by atoms with Gasteiger partial charge in [0, 0.05) is 0 Å². The van der Waals surface area contributed by atoms with Crippen molar-refractivity contribution in [2.75, 3.05) is 7.11 Å². The fraction of sp³-hybridized carbons (Fsp3) is 0.400. The molecule has 0 amide bonds. The highest BCUT2D eigenvalue weighted by Crippen LogP contribution is 2.36. The summed E-state index contributed by atoms with van der Waals surface area (Å²) in [7, 11) is 1.44. The van der Waals surface area contributed by atoms with Crippen LogP contribution in [0, 0.1) is 0 Å². The third kappa shape index (κ3) is 2.11. The Bertz CT molecular complexity index is 325. The van der Waals surface area contributed by atoms with Crippen LogP contribution in [0.15, 0.2) is 12.1 Å². The van der Waals surface area contributed by atoms with E-state index >= 15 is 0 Å². The topological polar surface area (TPSA) is 49.7 Å². The molecule has 1 aromatic rings. The van der Waals surface area contributed by atoms with Crippen molar-refractivity contribution in [1.82, 2.24) is 0 Å². The van der Waals surface area contributed by atoms with Crippen molar-refractivity contribution < 1.29 is 14.9 Å². The number of phenols is 1. The quantitative estimate of drug-likeness (QED) is 0.816. The molecular weight excluding hydrogens is 204 g/mol. The fourth-order valence-corrected chi connectivity index (χ4v) is 1.40. The van der Waals surface area contributed by atoms with Crippen LogP contribution in [-0.4, -0.2) is 17.3 Å². The standard InChI is InChI=1S/C10H13ClO3/c1-3-8(12)6-4-7(11)10(13)9(5-6)14-2/h4-5,8,12-13H,3H2,1-2H3. The molecule has 0 fully saturated rings. The highest BCUT2D eigenvalue weighted by molar-refractivity contribution is 6.32. The van der Waals surface area contributed by atoms with Gasteiger partial charge in [0.15, 0.2) is 11.5 Å². The summed E-state index contributed by atoms with van der Waals surface area (Å²) < 4.78 is 4.92. The summed E-state index contributed by atoms with van der Waals surface area (Å²) in [4.78, 5) is 0. The molecule has 0 spiro atoms. The molecule has 1 unspecified atom stereocenters. The maximum atomic E-state index is 9.57. The number of ether oxygens (including phenoxy) is 1. The van der Waals surface area contributed by atoms with Gasteiger partial charge in [-0.05, 0) is 24.1 Å². The van der Waals surface area contributed by atoms with Gasteiger partial charge in [-0.1, -0.05) is 18.5 Å². The minimum atomic E-state index is -0.581. The molecule has 0 aliphatic rings. The van der Waals surface area contributed by atoms with E-state index in [0.717, 1.165) is 0 Å². The van der Waals surface area contributed by atoms with Crippen LogP contribution in [0.25, 0.3) is 0 Å². The van der Waals surface area contributed by atoms with E-state index in [4.69, 9.17) is 16.3 Å². The number of hydrogen-bond donors (Lipinski definition) is 2. The zero-order valence-electron chi connectivity index (χ0n) is 8.12. The van der Waals surface area contributed by atoms with E-state index in [2.05, 4.69) is 0 Å². The first kappa shape index (κ1) is 11.1. The van der Waals surface area contributed by atoms with E-state index < -0.39 is 6.10 Å². The smallest absolute Gasteiger partial charge is 0.176 e. The Kier molecular flexibility index (Phi) is 3.61. The average molecular weight is 217 g/mol. The predicted molar refractivity (Wildman–Crippen MR) is 54.9 cm³/mol. The van der Waals surface area contributed by atoms with Crippen molar-refractivity contribution in [3.63, 3.8) is 0 Å². The molecule has 0 saturated heterocycles. The maximum Gasteiger partial charge on any atom is 0.176 e. The van der Waals surface area contributed by atoms with Crippen LogP contribution in [0.2, 0.25) is 5.02 Å². The summed E-state index contributed by atoms with van der Waals surface area (Å²) in [5, 5.41) is 19.2. The van der Waals surface area contributed by atoms with Crippen molar-refractivity contribution in [3.05, 3.63) is 22.7 Å². The van der Waals surface area contributed by atoms with Gasteiger partial charge in [0.2, 0.25) is 0 Å². The van der Waals surface area contributed by atoms with Crippen LogP contribution in [0.1, 0.15) is 25.0 Å². The third-order valence-electron chi connectivity index (χ3n) is 2.04. The molecule has 1 rings (SSSR count). The van der Waals surface area contributed by atoms with Crippen LogP contribution in [-0.2, 0) is 0 Å². The lowest BCUT2D eigenvalue weighted by Gasteiger charge is -2.12. The molecule has 0 saturated carbocycles. The van der Waals surface area contributed by atoms with Crippen LogP contribution in [0.4, 0.5) is 0 Å². The van der Waals surface area contributed by atoms with Crippen molar-refractivity contribution in [1.29, 1.82) is 0 Å². The molecule has 0 aromatic heterocycles. The van der Waals surface area contributed by atoms with Gasteiger partial charge in [-0.25, -0.2) is 0 Å². The summed E-state index contributed by atoms with van der Waals surface area (Å²) in [5.41, 5.74) is 0.646. The van der Waals surface area contributed by atoms with Crippen molar-refractivity contribution in [2.24, 2.45) is 0 Å². The number of phenolic OH excluding ortho intramolecular Hbond substituents is 1. The van der Waals surface area contributed by atoms with Crippen LogP contribution >= 0.6 is 11.6 Å². The minimum absolute atomic E-state index is 0.0961. The van der Waals surface area contributed by atoms with Gasteiger partial charge in [-0.2, -0.15) is 0 Å². The third-order valence-corrected chi connectivity index (χ3v) is 2.33. The molecule has 4 heteroatoms. The number of halogens is 1. The van der Waals surface area contributed by atoms with Crippen LogP contribution < -0.4 is 4.74 Å². The van der Waals surface area contributed by atoms with E-state index in [9.17, 15) is 10.2 Å². The number of aliphatic hydroxyl groups excluding tert-OH is 1. The second-order valence-electron chi connectivity index (χ2n) is 2.98. The lowest BCUT2D eigenvalue weighted by atomic mass is 10.1. The minimum Gasteiger partial charge on any atom is -0.503 e. The Labute approximate surface area is 87.9 Å². The van der Waals surface area contributed by atoms with E-state index in [0.29, 0.717) is 12.0 Å². The first-order chi connectivity index (χ1) is 6.60. The second kappa shape index (κ2) is 4.53. The van der Waals surface area contributed by atoms with Crippen LogP contribution in [0.3, 0.4) is 0 Å². The Balaban J connectivity index is 3.16. The molecule has 0 bridgehead atoms. The molecule has 1 atom stereocenters.